The fourth-order valence-corrected chi connectivity index (χ4v) is 2.49. The van der Waals surface area contributed by atoms with Crippen molar-refractivity contribution in [2.75, 3.05) is 40.0 Å². The molecule has 17 heavy (non-hydrogen) atoms. The fourth-order valence-electron chi connectivity index (χ4n) is 2.49. The largest absolute Gasteiger partial charge is 0.383 e. The van der Waals surface area contributed by atoms with Crippen LogP contribution < -0.4 is 5.32 Å². The van der Waals surface area contributed by atoms with Gasteiger partial charge in [-0.3, -0.25) is 0 Å². The summed E-state index contributed by atoms with van der Waals surface area (Å²) in [5.74, 6) is 0.816. The van der Waals surface area contributed by atoms with Gasteiger partial charge in [0, 0.05) is 32.2 Å². The Labute approximate surface area is 106 Å². The van der Waals surface area contributed by atoms with Crippen LogP contribution >= 0.6 is 0 Å². The molecule has 1 N–H and O–H groups in total. The summed E-state index contributed by atoms with van der Waals surface area (Å²) < 4.78 is 10.7. The Morgan fingerprint density at radius 3 is 2.82 bits per heavy atom. The average molecular weight is 243 g/mol. The second kappa shape index (κ2) is 8.06. The maximum atomic E-state index is 5.60. The molecule has 0 aliphatic carbocycles. The van der Waals surface area contributed by atoms with Crippen molar-refractivity contribution in [2.24, 2.45) is 11.3 Å². The zero-order valence-corrected chi connectivity index (χ0v) is 11.8. The molecule has 0 bridgehead atoms. The van der Waals surface area contributed by atoms with Crippen LogP contribution in [0.3, 0.4) is 0 Å². The van der Waals surface area contributed by atoms with Gasteiger partial charge < -0.3 is 14.8 Å². The standard InChI is InChI=1S/C14H29NO2/c1-13(2)5-4-6-14(7-9-17-12-14)11-15-8-10-16-3/h13,15H,4-12H2,1-3H3. The van der Waals surface area contributed by atoms with E-state index < -0.39 is 0 Å². The first-order valence-corrected chi connectivity index (χ1v) is 6.96. The van der Waals surface area contributed by atoms with Crippen LogP contribution in [0.15, 0.2) is 0 Å². The highest BCUT2D eigenvalue weighted by Crippen LogP contribution is 2.34. The molecule has 0 aromatic carbocycles. The minimum atomic E-state index is 0.391. The van der Waals surface area contributed by atoms with Crippen LogP contribution in [0.25, 0.3) is 0 Å². The quantitative estimate of drug-likeness (QED) is 0.631. The molecule has 3 heteroatoms. The zero-order chi connectivity index (χ0) is 12.6. The Kier molecular flexibility index (Phi) is 7.09. The summed E-state index contributed by atoms with van der Waals surface area (Å²) in [4.78, 5) is 0. The molecule has 1 aliphatic rings. The predicted molar refractivity (Wildman–Crippen MR) is 71.3 cm³/mol. The Morgan fingerprint density at radius 1 is 1.41 bits per heavy atom. The Balaban J connectivity index is 2.24. The molecule has 1 saturated heterocycles. The van der Waals surface area contributed by atoms with Crippen LogP contribution in [-0.2, 0) is 9.47 Å². The van der Waals surface area contributed by atoms with Crippen LogP contribution in [-0.4, -0.2) is 40.0 Å². The van der Waals surface area contributed by atoms with Gasteiger partial charge in [-0.2, -0.15) is 0 Å². The summed E-state index contributed by atoms with van der Waals surface area (Å²) in [5.41, 5.74) is 0.391. The van der Waals surface area contributed by atoms with E-state index in [0.29, 0.717) is 5.41 Å². The van der Waals surface area contributed by atoms with Gasteiger partial charge in [0.25, 0.3) is 0 Å². The number of ether oxygens (including phenoxy) is 2. The number of nitrogens with one attached hydrogen (secondary N) is 1. The second-order valence-corrected chi connectivity index (χ2v) is 5.76. The number of hydrogen-bond acceptors (Lipinski definition) is 3. The van der Waals surface area contributed by atoms with Crippen molar-refractivity contribution in [2.45, 2.75) is 39.5 Å². The van der Waals surface area contributed by atoms with Crippen molar-refractivity contribution < 1.29 is 9.47 Å². The summed E-state index contributed by atoms with van der Waals surface area (Å²) in [6, 6.07) is 0. The molecule has 1 fully saturated rings. The van der Waals surface area contributed by atoms with E-state index in [2.05, 4.69) is 19.2 Å². The van der Waals surface area contributed by atoms with Crippen molar-refractivity contribution >= 4 is 0 Å². The molecule has 0 radical (unpaired) electrons. The van der Waals surface area contributed by atoms with Crippen molar-refractivity contribution in [3.8, 4) is 0 Å². The third-order valence-corrected chi connectivity index (χ3v) is 3.66. The zero-order valence-electron chi connectivity index (χ0n) is 11.8. The van der Waals surface area contributed by atoms with Crippen molar-refractivity contribution in [3.63, 3.8) is 0 Å². The highest BCUT2D eigenvalue weighted by Gasteiger charge is 2.33. The van der Waals surface area contributed by atoms with E-state index in [1.165, 1.54) is 25.7 Å². The molecule has 0 aromatic rings. The maximum Gasteiger partial charge on any atom is 0.0587 e. The molecule has 0 aromatic heterocycles. The van der Waals surface area contributed by atoms with Crippen LogP contribution in [0.2, 0.25) is 0 Å². The van der Waals surface area contributed by atoms with E-state index in [9.17, 15) is 0 Å². The highest BCUT2D eigenvalue weighted by molar-refractivity contribution is 4.85. The molecule has 0 saturated carbocycles. The van der Waals surface area contributed by atoms with Gasteiger partial charge in [-0.05, 0) is 18.8 Å². The smallest absolute Gasteiger partial charge is 0.0587 e. The minimum Gasteiger partial charge on any atom is -0.383 e. The SMILES string of the molecule is COCCNCC1(CCCC(C)C)CCOC1. The molecule has 0 spiro atoms. The van der Waals surface area contributed by atoms with Crippen molar-refractivity contribution in [1.82, 2.24) is 5.32 Å². The van der Waals surface area contributed by atoms with Gasteiger partial charge in [-0.25, -0.2) is 0 Å². The van der Waals surface area contributed by atoms with E-state index in [1.54, 1.807) is 7.11 Å². The first kappa shape index (κ1) is 14.9. The van der Waals surface area contributed by atoms with Gasteiger partial charge in [-0.15, -0.1) is 0 Å². The molecular weight excluding hydrogens is 214 g/mol. The second-order valence-electron chi connectivity index (χ2n) is 5.76. The summed E-state index contributed by atoms with van der Waals surface area (Å²) >= 11 is 0. The molecule has 102 valence electrons. The summed E-state index contributed by atoms with van der Waals surface area (Å²) in [6.45, 7) is 9.29. The summed E-state index contributed by atoms with van der Waals surface area (Å²) in [7, 11) is 1.75. The third kappa shape index (κ3) is 5.84. The first-order chi connectivity index (χ1) is 8.18. The predicted octanol–water partition coefficient (Wildman–Crippen LogP) is 2.46. The molecule has 1 rings (SSSR count). The molecule has 0 amide bonds. The molecule has 1 atom stereocenters. The van der Waals surface area contributed by atoms with Gasteiger partial charge in [0.1, 0.15) is 0 Å². The molecule has 3 nitrogen and oxygen atoms in total. The topological polar surface area (TPSA) is 30.5 Å². The summed E-state index contributed by atoms with van der Waals surface area (Å²) in [5, 5.41) is 3.50. The van der Waals surface area contributed by atoms with E-state index in [4.69, 9.17) is 9.47 Å². The van der Waals surface area contributed by atoms with E-state index in [0.717, 1.165) is 38.8 Å². The lowest BCUT2D eigenvalue weighted by atomic mass is 9.81. The normalized spacial score (nSPS) is 24.7. The van der Waals surface area contributed by atoms with Gasteiger partial charge >= 0.3 is 0 Å². The van der Waals surface area contributed by atoms with Crippen LogP contribution in [0.1, 0.15) is 39.5 Å². The minimum absolute atomic E-state index is 0.391. The van der Waals surface area contributed by atoms with Gasteiger partial charge in [0.05, 0.1) is 13.2 Å². The monoisotopic (exact) mass is 243 g/mol. The Morgan fingerprint density at radius 2 is 2.24 bits per heavy atom. The molecular formula is C14H29NO2. The van der Waals surface area contributed by atoms with Crippen LogP contribution in [0.5, 0.6) is 0 Å². The fraction of sp³-hybridized carbons (Fsp3) is 1.00. The van der Waals surface area contributed by atoms with Crippen LogP contribution in [0.4, 0.5) is 0 Å². The Hall–Kier alpha value is -0.120. The summed E-state index contributed by atoms with van der Waals surface area (Å²) in [6.07, 6.45) is 5.17. The lowest BCUT2D eigenvalue weighted by molar-refractivity contribution is 0.137. The van der Waals surface area contributed by atoms with Gasteiger partial charge in [-0.1, -0.05) is 26.7 Å². The molecule has 1 aliphatic heterocycles. The third-order valence-electron chi connectivity index (χ3n) is 3.66. The van der Waals surface area contributed by atoms with Crippen molar-refractivity contribution in [1.29, 1.82) is 0 Å². The van der Waals surface area contributed by atoms with E-state index in [1.807, 2.05) is 0 Å². The number of methoxy groups -OCH3 is 1. The average Bonchev–Trinajstić information content (AvgIpc) is 2.73. The lowest BCUT2D eigenvalue weighted by Gasteiger charge is -2.28. The van der Waals surface area contributed by atoms with E-state index >= 15 is 0 Å². The maximum absolute atomic E-state index is 5.60. The highest BCUT2D eigenvalue weighted by atomic mass is 16.5. The Bertz CT molecular complexity index is 189. The van der Waals surface area contributed by atoms with Gasteiger partial charge in [0.15, 0.2) is 0 Å². The molecule has 1 heterocycles. The lowest BCUT2D eigenvalue weighted by Crippen LogP contribution is -2.36. The van der Waals surface area contributed by atoms with E-state index in [-0.39, 0.29) is 0 Å². The van der Waals surface area contributed by atoms with Gasteiger partial charge in [0.2, 0.25) is 0 Å². The molecule has 1 unspecified atom stereocenters. The van der Waals surface area contributed by atoms with Crippen LogP contribution in [0, 0.1) is 11.3 Å². The van der Waals surface area contributed by atoms with Crippen molar-refractivity contribution in [3.05, 3.63) is 0 Å². The number of hydrogen-bond donors (Lipinski definition) is 1. The number of rotatable bonds is 9. The first-order valence-electron chi connectivity index (χ1n) is 6.96.